The number of halogens is 1. The Bertz CT molecular complexity index is 520. The summed E-state index contributed by atoms with van der Waals surface area (Å²) in [4.78, 5) is 11.8. The topological polar surface area (TPSA) is 51.2 Å². The van der Waals surface area contributed by atoms with Crippen molar-refractivity contribution in [2.75, 3.05) is 6.26 Å². The number of ketones is 1. The second-order valence-corrected chi connectivity index (χ2v) is 6.16. The minimum atomic E-state index is -3.42. The third kappa shape index (κ3) is 2.66. The molecule has 0 radical (unpaired) electrons. The molecular formula is C11H13FO3S. The van der Waals surface area contributed by atoms with Crippen LogP contribution in [0.4, 0.5) is 4.39 Å². The molecule has 0 aromatic heterocycles. The minimum Gasteiger partial charge on any atom is -0.293 e. The van der Waals surface area contributed by atoms with Gasteiger partial charge in [0.25, 0.3) is 0 Å². The molecule has 0 fully saturated rings. The molecule has 0 heterocycles. The number of aryl methyl sites for hydroxylation is 1. The SMILES string of the molecule is Cc1cc(F)ccc1C(=O)C(C)S(C)(=O)=O. The zero-order valence-electron chi connectivity index (χ0n) is 9.32. The van der Waals surface area contributed by atoms with Crippen molar-refractivity contribution in [3.8, 4) is 0 Å². The normalized spacial score (nSPS) is 13.5. The predicted molar refractivity (Wildman–Crippen MR) is 59.8 cm³/mol. The van der Waals surface area contributed by atoms with E-state index in [4.69, 9.17) is 0 Å². The Kier molecular flexibility index (Phi) is 3.48. The monoisotopic (exact) mass is 244 g/mol. The molecule has 1 rings (SSSR count). The summed E-state index contributed by atoms with van der Waals surface area (Å²) in [7, 11) is -3.42. The van der Waals surface area contributed by atoms with E-state index in [1.807, 2.05) is 0 Å². The Labute approximate surface area is 94.2 Å². The standard InChI is InChI=1S/C11H13FO3S/c1-7-6-9(12)4-5-10(7)11(13)8(2)16(3,14)15/h4-6,8H,1-3H3. The van der Waals surface area contributed by atoms with Gasteiger partial charge in [-0.2, -0.15) is 0 Å². The fourth-order valence-electron chi connectivity index (χ4n) is 1.32. The van der Waals surface area contributed by atoms with E-state index in [0.717, 1.165) is 12.3 Å². The number of benzene rings is 1. The Hall–Kier alpha value is -1.23. The highest BCUT2D eigenvalue weighted by atomic mass is 32.2. The first-order valence-corrected chi connectivity index (χ1v) is 6.68. The summed E-state index contributed by atoms with van der Waals surface area (Å²) in [5, 5.41) is -1.10. The van der Waals surface area contributed by atoms with Gasteiger partial charge in [0.15, 0.2) is 15.6 Å². The van der Waals surface area contributed by atoms with Crippen LogP contribution in [0.15, 0.2) is 18.2 Å². The minimum absolute atomic E-state index is 0.249. The summed E-state index contributed by atoms with van der Waals surface area (Å²) in [6, 6.07) is 3.67. The molecule has 88 valence electrons. The Morgan fingerprint density at radius 1 is 1.38 bits per heavy atom. The van der Waals surface area contributed by atoms with Gasteiger partial charge in [-0.1, -0.05) is 0 Å². The lowest BCUT2D eigenvalue weighted by molar-refractivity contribution is 0.0991. The van der Waals surface area contributed by atoms with Crippen molar-refractivity contribution in [2.45, 2.75) is 19.1 Å². The predicted octanol–water partition coefficient (Wildman–Crippen LogP) is 1.75. The molecule has 1 unspecified atom stereocenters. The number of carbonyl (C=O) groups is 1. The maximum atomic E-state index is 12.8. The third-order valence-electron chi connectivity index (χ3n) is 2.47. The number of sulfone groups is 1. The van der Waals surface area contributed by atoms with Gasteiger partial charge in [-0.25, -0.2) is 12.8 Å². The van der Waals surface area contributed by atoms with Crippen molar-refractivity contribution in [3.05, 3.63) is 35.1 Å². The van der Waals surface area contributed by atoms with E-state index in [1.165, 1.54) is 19.1 Å². The summed E-state index contributed by atoms with van der Waals surface area (Å²) in [5.41, 5.74) is 0.694. The van der Waals surface area contributed by atoms with E-state index in [2.05, 4.69) is 0 Å². The molecular weight excluding hydrogens is 231 g/mol. The molecule has 0 aliphatic rings. The van der Waals surface area contributed by atoms with Crippen molar-refractivity contribution in [1.29, 1.82) is 0 Å². The van der Waals surface area contributed by atoms with Gasteiger partial charge in [0.1, 0.15) is 11.1 Å². The first kappa shape index (κ1) is 12.8. The van der Waals surface area contributed by atoms with Gasteiger partial charge in [0.05, 0.1) is 0 Å². The molecule has 3 nitrogen and oxygen atoms in total. The lowest BCUT2D eigenvalue weighted by atomic mass is 10.0. The van der Waals surface area contributed by atoms with Crippen molar-refractivity contribution in [2.24, 2.45) is 0 Å². The lowest BCUT2D eigenvalue weighted by Crippen LogP contribution is -2.26. The zero-order chi connectivity index (χ0) is 12.5. The molecule has 0 aliphatic carbocycles. The molecule has 16 heavy (non-hydrogen) atoms. The van der Waals surface area contributed by atoms with Crippen LogP contribution in [0.1, 0.15) is 22.8 Å². The fraction of sp³-hybridized carbons (Fsp3) is 0.364. The van der Waals surface area contributed by atoms with E-state index >= 15 is 0 Å². The highest BCUT2D eigenvalue weighted by molar-refractivity contribution is 7.92. The molecule has 5 heteroatoms. The Morgan fingerprint density at radius 3 is 2.38 bits per heavy atom. The average molecular weight is 244 g/mol. The largest absolute Gasteiger partial charge is 0.293 e. The van der Waals surface area contributed by atoms with Crippen LogP contribution in [0.25, 0.3) is 0 Å². The van der Waals surface area contributed by atoms with E-state index in [-0.39, 0.29) is 5.56 Å². The van der Waals surface area contributed by atoms with Gasteiger partial charge in [-0.3, -0.25) is 4.79 Å². The Balaban J connectivity index is 3.16. The summed E-state index contributed by atoms with van der Waals surface area (Å²) < 4.78 is 35.3. The molecule has 0 bridgehead atoms. The van der Waals surface area contributed by atoms with E-state index < -0.39 is 26.7 Å². The van der Waals surface area contributed by atoms with Crippen LogP contribution in [0.2, 0.25) is 0 Å². The van der Waals surface area contributed by atoms with E-state index in [9.17, 15) is 17.6 Å². The van der Waals surface area contributed by atoms with E-state index in [0.29, 0.717) is 5.56 Å². The van der Waals surface area contributed by atoms with Crippen LogP contribution in [-0.2, 0) is 9.84 Å². The second kappa shape index (κ2) is 4.33. The van der Waals surface area contributed by atoms with Crippen molar-refractivity contribution in [3.63, 3.8) is 0 Å². The fourth-order valence-corrected chi connectivity index (χ4v) is 1.83. The first-order chi connectivity index (χ1) is 7.23. The Morgan fingerprint density at radius 2 is 1.94 bits per heavy atom. The molecule has 1 atom stereocenters. The smallest absolute Gasteiger partial charge is 0.180 e. The summed E-state index contributed by atoms with van der Waals surface area (Å²) in [6.07, 6.45) is 1.01. The van der Waals surface area contributed by atoms with Gasteiger partial charge >= 0.3 is 0 Å². The van der Waals surface area contributed by atoms with Crippen LogP contribution in [0.5, 0.6) is 0 Å². The van der Waals surface area contributed by atoms with Crippen LogP contribution >= 0.6 is 0 Å². The summed E-state index contributed by atoms with van der Waals surface area (Å²) in [6.45, 7) is 2.91. The maximum absolute atomic E-state index is 12.8. The molecule has 1 aromatic carbocycles. The second-order valence-electron chi connectivity index (χ2n) is 3.80. The van der Waals surface area contributed by atoms with Gasteiger partial charge < -0.3 is 0 Å². The van der Waals surface area contributed by atoms with Crippen LogP contribution in [0.3, 0.4) is 0 Å². The molecule has 0 amide bonds. The van der Waals surface area contributed by atoms with Crippen molar-refractivity contribution >= 4 is 15.6 Å². The number of Topliss-reactive ketones (excluding diaryl/α,β-unsaturated/α-hetero) is 1. The van der Waals surface area contributed by atoms with Gasteiger partial charge in [0.2, 0.25) is 0 Å². The number of hydrogen-bond donors (Lipinski definition) is 0. The van der Waals surface area contributed by atoms with Crippen molar-refractivity contribution in [1.82, 2.24) is 0 Å². The molecule has 0 saturated carbocycles. The molecule has 0 N–H and O–H groups in total. The number of hydrogen-bond acceptors (Lipinski definition) is 3. The summed E-state index contributed by atoms with van der Waals surface area (Å²) >= 11 is 0. The highest BCUT2D eigenvalue weighted by Crippen LogP contribution is 2.15. The van der Waals surface area contributed by atoms with Crippen LogP contribution < -0.4 is 0 Å². The first-order valence-electron chi connectivity index (χ1n) is 4.72. The zero-order valence-corrected chi connectivity index (χ0v) is 10.1. The highest BCUT2D eigenvalue weighted by Gasteiger charge is 2.25. The average Bonchev–Trinajstić information content (AvgIpc) is 2.14. The quantitative estimate of drug-likeness (QED) is 0.761. The maximum Gasteiger partial charge on any atom is 0.180 e. The molecule has 0 saturated heterocycles. The molecule has 0 spiro atoms. The molecule has 0 aliphatic heterocycles. The summed E-state index contributed by atoms with van der Waals surface area (Å²) in [5.74, 6) is -0.943. The van der Waals surface area contributed by atoms with Crippen molar-refractivity contribution < 1.29 is 17.6 Å². The third-order valence-corrected chi connectivity index (χ3v) is 3.96. The van der Waals surface area contributed by atoms with E-state index in [1.54, 1.807) is 6.92 Å². The van der Waals surface area contributed by atoms with Gasteiger partial charge in [0, 0.05) is 11.8 Å². The molecule has 1 aromatic rings. The van der Waals surface area contributed by atoms with Crippen LogP contribution in [0, 0.1) is 12.7 Å². The van der Waals surface area contributed by atoms with Gasteiger partial charge in [-0.15, -0.1) is 0 Å². The van der Waals surface area contributed by atoms with Gasteiger partial charge in [-0.05, 0) is 37.6 Å². The number of rotatable bonds is 3. The van der Waals surface area contributed by atoms with Crippen LogP contribution in [-0.4, -0.2) is 25.7 Å². The lowest BCUT2D eigenvalue weighted by Gasteiger charge is -2.10. The number of carbonyl (C=O) groups excluding carboxylic acids is 1.